The molecular formula is C23H23N3O2S. The van der Waals surface area contributed by atoms with E-state index >= 15 is 0 Å². The molecule has 2 amide bonds. The molecule has 0 saturated heterocycles. The van der Waals surface area contributed by atoms with Crippen molar-refractivity contribution in [1.29, 1.82) is 0 Å². The third-order valence-electron chi connectivity index (χ3n) is 4.30. The molecule has 0 aliphatic rings. The molecule has 148 valence electrons. The number of aromatic nitrogens is 1. The average Bonchev–Trinajstić information content (AvgIpc) is 2.73. The molecule has 1 atom stereocenters. The molecule has 2 aromatic carbocycles. The van der Waals surface area contributed by atoms with Gasteiger partial charge in [-0.2, -0.15) is 0 Å². The van der Waals surface area contributed by atoms with Crippen molar-refractivity contribution in [1.82, 2.24) is 10.3 Å². The van der Waals surface area contributed by atoms with E-state index in [0.29, 0.717) is 11.3 Å². The SMILES string of the molecule is CC(=O)Nc1cccc(C(C)NC(=O)c2ccc(SCc3cccnc3)cc2)c1. The van der Waals surface area contributed by atoms with Crippen molar-refractivity contribution >= 4 is 29.3 Å². The van der Waals surface area contributed by atoms with Crippen LogP contribution in [0.5, 0.6) is 0 Å². The number of nitrogens with zero attached hydrogens (tertiary/aromatic N) is 1. The van der Waals surface area contributed by atoms with Crippen LogP contribution in [0.1, 0.15) is 41.4 Å². The van der Waals surface area contributed by atoms with Gasteiger partial charge in [-0.1, -0.05) is 18.2 Å². The van der Waals surface area contributed by atoms with Gasteiger partial charge in [0, 0.05) is 41.2 Å². The number of thioether (sulfide) groups is 1. The number of anilines is 1. The van der Waals surface area contributed by atoms with Crippen LogP contribution in [0, 0.1) is 0 Å². The number of nitrogens with one attached hydrogen (secondary N) is 2. The maximum Gasteiger partial charge on any atom is 0.251 e. The average molecular weight is 406 g/mol. The maximum absolute atomic E-state index is 12.6. The molecule has 2 N–H and O–H groups in total. The largest absolute Gasteiger partial charge is 0.346 e. The summed E-state index contributed by atoms with van der Waals surface area (Å²) in [5, 5.41) is 5.76. The zero-order valence-electron chi connectivity index (χ0n) is 16.4. The van der Waals surface area contributed by atoms with Gasteiger partial charge in [0.15, 0.2) is 0 Å². The second kappa shape index (κ2) is 9.89. The van der Waals surface area contributed by atoms with E-state index in [2.05, 4.69) is 15.6 Å². The molecule has 0 fully saturated rings. The minimum absolute atomic E-state index is 0.125. The second-order valence-electron chi connectivity index (χ2n) is 6.68. The molecule has 1 aromatic heterocycles. The zero-order valence-corrected chi connectivity index (χ0v) is 17.2. The van der Waals surface area contributed by atoms with E-state index in [0.717, 1.165) is 21.8 Å². The summed E-state index contributed by atoms with van der Waals surface area (Å²) in [6.45, 7) is 3.39. The highest BCUT2D eigenvalue weighted by Crippen LogP contribution is 2.23. The lowest BCUT2D eigenvalue weighted by atomic mass is 10.1. The van der Waals surface area contributed by atoms with Gasteiger partial charge in [-0.3, -0.25) is 14.6 Å². The van der Waals surface area contributed by atoms with Gasteiger partial charge >= 0.3 is 0 Å². The van der Waals surface area contributed by atoms with Gasteiger partial charge in [0.25, 0.3) is 5.91 Å². The van der Waals surface area contributed by atoms with Crippen LogP contribution in [0.2, 0.25) is 0 Å². The molecule has 5 nitrogen and oxygen atoms in total. The molecule has 0 saturated carbocycles. The van der Waals surface area contributed by atoms with E-state index in [1.807, 2.05) is 73.8 Å². The van der Waals surface area contributed by atoms with Crippen molar-refractivity contribution < 1.29 is 9.59 Å². The molecule has 0 spiro atoms. The molecule has 1 unspecified atom stereocenters. The fraction of sp³-hybridized carbons (Fsp3) is 0.174. The highest BCUT2D eigenvalue weighted by Gasteiger charge is 2.12. The molecule has 6 heteroatoms. The fourth-order valence-corrected chi connectivity index (χ4v) is 3.64. The van der Waals surface area contributed by atoms with Crippen LogP contribution in [0.25, 0.3) is 0 Å². The van der Waals surface area contributed by atoms with Crippen molar-refractivity contribution in [3.63, 3.8) is 0 Å². The van der Waals surface area contributed by atoms with Crippen molar-refractivity contribution in [2.45, 2.75) is 30.5 Å². The zero-order chi connectivity index (χ0) is 20.6. The van der Waals surface area contributed by atoms with Gasteiger partial charge in [0.2, 0.25) is 5.91 Å². The molecular weight excluding hydrogens is 382 g/mol. The Balaban J connectivity index is 1.58. The second-order valence-corrected chi connectivity index (χ2v) is 7.72. The van der Waals surface area contributed by atoms with E-state index in [9.17, 15) is 9.59 Å². The van der Waals surface area contributed by atoms with Crippen molar-refractivity contribution in [3.05, 3.63) is 89.7 Å². The topological polar surface area (TPSA) is 71.1 Å². The molecule has 0 bridgehead atoms. The summed E-state index contributed by atoms with van der Waals surface area (Å²) in [5.41, 5.74) is 3.41. The summed E-state index contributed by atoms with van der Waals surface area (Å²) in [7, 11) is 0. The molecule has 0 aliphatic heterocycles. The predicted molar refractivity (Wildman–Crippen MR) is 117 cm³/mol. The summed E-state index contributed by atoms with van der Waals surface area (Å²) in [4.78, 5) is 29.0. The minimum Gasteiger partial charge on any atom is -0.346 e. The van der Waals surface area contributed by atoms with E-state index in [4.69, 9.17) is 0 Å². The number of hydrogen-bond donors (Lipinski definition) is 2. The number of amides is 2. The van der Waals surface area contributed by atoms with Crippen LogP contribution < -0.4 is 10.6 Å². The predicted octanol–water partition coefficient (Wildman–Crippen LogP) is 4.82. The quantitative estimate of drug-likeness (QED) is 0.553. The Kier molecular flexibility index (Phi) is 7.03. The van der Waals surface area contributed by atoms with E-state index in [-0.39, 0.29) is 17.9 Å². The minimum atomic E-state index is -0.184. The van der Waals surface area contributed by atoms with Gasteiger partial charge in [0.1, 0.15) is 0 Å². The molecule has 3 aromatic rings. The molecule has 1 heterocycles. The van der Waals surface area contributed by atoms with Gasteiger partial charge < -0.3 is 10.6 Å². The molecule has 0 aliphatic carbocycles. The third-order valence-corrected chi connectivity index (χ3v) is 5.38. The Labute approximate surface area is 175 Å². The van der Waals surface area contributed by atoms with Gasteiger partial charge in [-0.05, 0) is 60.5 Å². The normalized spacial score (nSPS) is 11.5. The molecule has 29 heavy (non-hydrogen) atoms. The Morgan fingerprint density at radius 2 is 1.86 bits per heavy atom. The summed E-state index contributed by atoms with van der Waals surface area (Å²) in [6.07, 6.45) is 3.62. The number of hydrogen-bond acceptors (Lipinski definition) is 4. The third kappa shape index (κ3) is 6.19. The van der Waals surface area contributed by atoms with Crippen molar-refractivity contribution in [3.8, 4) is 0 Å². The lowest BCUT2D eigenvalue weighted by Gasteiger charge is -2.16. The van der Waals surface area contributed by atoms with Gasteiger partial charge in [-0.15, -0.1) is 11.8 Å². The standard InChI is InChI=1S/C23H23N3O2S/c1-16(20-6-3-7-21(13-20)26-17(2)27)25-23(28)19-8-10-22(11-9-19)29-15-18-5-4-12-24-14-18/h3-14,16H,15H2,1-2H3,(H,25,28)(H,26,27). The van der Waals surface area contributed by atoms with Crippen LogP contribution in [-0.4, -0.2) is 16.8 Å². The molecule has 0 radical (unpaired) electrons. The van der Waals surface area contributed by atoms with Crippen LogP contribution in [0.4, 0.5) is 5.69 Å². The van der Waals surface area contributed by atoms with Crippen LogP contribution in [-0.2, 0) is 10.5 Å². The number of carbonyl (C=O) groups excluding carboxylic acids is 2. The van der Waals surface area contributed by atoms with Crippen LogP contribution in [0.15, 0.2) is 78.0 Å². The lowest BCUT2D eigenvalue weighted by molar-refractivity contribution is -0.114. The van der Waals surface area contributed by atoms with Gasteiger partial charge in [0.05, 0.1) is 6.04 Å². The smallest absolute Gasteiger partial charge is 0.251 e. The summed E-state index contributed by atoms with van der Waals surface area (Å²) >= 11 is 1.70. The summed E-state index contributed by atoms with van der Waals surface area (Å²) in [6, 6.07) is 18.8. The number of benzene rings is 2. The number of rotatable bonds is 7. The first-order valence-electron chi connectivity index (χ1n) is 9.31. The highest BCUT2D eigenvalue weighted by molar-refractivity contribution is 7.98. The van der Waals surface area contributed by atoms with Crippen molar-refractivity contribution in [2.75, 3.05) is 5.32 Å². The van der Waals surface area contributed by atoms with Crippen molar-refractivity contribution in [2.24, 2.45) is 0 Å². The highest BCUT2D eigenvalue weighted by atomic mass is 32.2. The summed E-state index contributed by atoms with van der Waals surface area (Å²) < 4.78 is 0. The van der Waals surface area contributed by atoms with Crippen LogP contribution in [0.3, 0.4) is 0 Å². The van der Waals surface area contributed by atoms with E-state index < -0.39 is 0 Å². The number of carbonyl (C=O) groups is 2. The Bertz CT molecular complexity index is 975. The monoisotopic (exact) mass is 405 g/mol. The van der Waals surface area contributed by atoms with Crippen LogP contribution >= 0.6 is 11.8 Å². The first-order chi connectivity index (χ1) is 14.0. The van der Waals surface area contributed by atoms with E-state index in [1.165, 1.54) is 6.92 Å². The first kappa shape index (κ1) is 20.6. The maximum atomic E-state index is 12.6. The summed E-state index contributed by atoms with van der Waals surface area (Å²) in [5.74, 6) is 0.577. The van der Waals surface area contributed by atoms with Gasteiger partial charge in [-0.25, -0.2) is 0 Å². The first-order valence-corrected chi connectivity index (χ1v) is 10.3. The Morgan fingerprint density at radius 1 is 1.07 bits per heavy atom. The fourth-order valence-electron chi connectivity index (χ4n) is 2.81. The lowest BCUT2D eigenvalue weighted by Crippen LogP contribution is -2.26. The van der Waals surface area contributed by atoms with E-state index in [1.54, 1.807) is 18.0 Å². The Hall–Kier alpha value is -3.12. The Morgan fingerprint density at radius 3 is 2.55 bits per heavy atom. The molecule has 3 rings (SSSR count). The number of pyridine rings is 1.